The summed E-state index contributed by atoms with van der Waals surface area (Å²) in [4.78, 5) is 15.8. The second-order valence-corrected chi connectivity index (χ2v) is 5.98. The zero-order chi connectivity index (χ0) is 15.4. The summed E-state index contributed by atoms with van der Waals surface area (Å²) in [5.74, 6) is -0.435. The molecule has 1 heterocycles. The third-order valence-electron chi connectivity index (χ3n) is 2.81. The molecule has 0 radical (unpaired) electrons. The van der Waals surface area contributed by atoms with Gasteiger partial charge < -0.3 is 10.1 Å². The molecular formula is C14H14Cl2N2O2S. The van der Waals surface area contributed by atoms with Crippen molar-refractivity contribution in [2.75, 3.05) is 11.9 Å². The van der Waals surface area contributed by atoms with Crippen LogP contribution < -0.4 is 5.32 Å². The SMILES string of the molecule is CCOC(=O)c1ncsc1NC(C)c1ccc(Cl)cc1Cl. The van der Waals surface area contributed by atoms with E-state index in [1.165, 1.54) is 11.3 Å². The molecule has 1 N–H and O–H groups in total. The fourth-order valence-electron chi connectivity index (χ4n) is 1.82. The van der Waals surface area contributed by atoms with Crippen LogP contribution in [0.4, 0.5) is 5.00 Å². The minimum atomic E-state index is -0.435. The quantitative estimate of drug-likeness (QED) is 0.791. The second-order valence-electron chi connectivity index (χ2n) is 4.28. The van der Waals surface area contributed by atoms with Crippen LogP contribution in [0, 0.1) is 0 Å². The van der Waals surface area contributed by atoms with E-state index >= 15 is 0 Å². The van der Waals surface area contributed by atoms with Crippen molar-refractivity contribution in [3.8, 4) is 0 Å². The monoisotopic (exact) mass is 344 g/mol. The average molecular weight is 345 g/mol. The van der Waals surface area contributed by atoms with Gasteiger partial charge in [0.1, 0.15) is 5.00 Å². The zero-order valence-electron chi connectivity index (χ0n) is 11.5. The molecule has 0 aliphatic rings. The fourth-order valence-corrected chi connectivity index (χ4v) is 3.15. The van der Waals surface area contributed by atoms with Crippen LogP contribution in [0.15, 0.2) is 23.7 Å². The Morgan fingerprint density at radius 3 is 2.90 bits per heavy atom. The Morgan fingerprint density at radius 2 is 2.24 bits per heavy atom. The van der Waals surface area contributed by atoms with E-state index in [0.29, 0.717) is 27.3 Å². The van der Waals surface area contributed by atoms with Gasteiger partial charge in [-0.25, -0.2) is 9.78 Å². The van der Waals surface area contributed by atoms with Gasteiger partial charge in [0.05, 0.1) is 18.2 Å². The molecule has 1 atom stereocenters. The highest BCUT2D eigenvalue weighted by atomic mass is 35.5. The molecule has 0 saturated carbocycles. The Labute approximate surface area is 137 Å². The van der Waals surface area contributed by atoms with E-state index in [0.717, 1.165) is 5.56 Å². The average Bonchev–Trinajstić information content (AvgIpc) is 2.87. The van der Waals surface area contributed by atoms with Gasteiger partial charge in [-0.1, -0.05) is 29.3 Å². The van der Waals surface area contributed by atoms with Gasteiger partial charge in [-0.15, -0.1) is 11.3 Å². The van der Waals surface area contributed by atoms with Crippen LogP contribution in [-0.4, -0.2) is 17.6 Å². The van der Waals surface area contributed by atoms with Crippen molar-refractivity contribution in [2.45, 2.75) is 19.9 Å². The first kappa shape index (κ1) is 16.1. The molecule has 4 nitrogen and oxygen atoms in total. The van der Waals surface area contributed by atoms with Crippen LogP contribution in [0.5, 0.6) is 0 Å². The summed E-state index contributed by atoms with van der Waals surface area (Å²) in [7, 11) is 0. The number of halogens is 2. The van der Waals surface area contributed by atoms with Crippen LogP contribution in [0.25, 0.3) is 0 Å². The van der Waals surface area contributed by atoms with Crippen molar-refractivity contribution >= 4 is 45.5 Å². The molecule has 112 valence electrons. The third-order valence-corrected chi connectivity index (χ3v) is 4.13. The topological polar surface area (TPSA) is 51.2 Å². The Morgan fingerprint density at radius 1 is 1.48 bits per heavy atom. The fraction of sp³-hybridized carbons (Fsp3) is 0.286. The largest absolute Gasteiger partial charge is 0.461 e. The van der Waals surface area contributed by atoms with Crippen molar-refractivity contribution in [3.05, 3.63) is 45.0 Å². The minimum absolute atomic E-state index is 0.0941. The standard InChI is InChI=1S/C14H14Cl2N2O2S/c1-3-20-14(19)12-13(21-7-17-12)18-8(2)10-5-4-9(15)6-11(10)16/h4-8,18H,3H2,1-2H3. The third kappa shape index (κ3) is 3.87. The number of nitrogens with zero attached hydrogens (tertiary/aromatic N) is 1. The van der Waals surface area contributed by atoms with E-state index < -0.39 is 5.97 Å². The Hall–Kier alpha value is -1.30. The molecule has 0 fully saturated rings. The molecule has 0 spiro atoms. The first-order valence-corrected chi connectivity index (χ1v) is 7.98. The van der Waals surface area contributed by atoms with Crippen molar-refractivity contribution in [1.29, 1.82) is 0 Å². The van der Waals surface area contributed by atoms with Gasteiger partial charge in [-0.2, -0.15) is 0 Å². The van der Waals surface area contributed by atoms with Crippen molar-refractivity contribution in [1.82, 2.24) is 4.98 Å². The Balaban J connectivity index is 2.18. The summed E-state index contributed by atoms with van der Waals surface area (Å²) < 4.78 is 4.98. The highest BCUT2D eigenvalue weighted by molar-refractivity contribution is 7.14. The minimum Gasteiger partial charge on any atom is -0.461 e. The van der Waals surface area contributed by atoms with Crippen molar-refractivity contribution in [2.24, 2.45) is 0 Å². The number of hydrogen-bond donors (Lipinski definition) is 1. The number of benzene rings is 1. The second kappa shape index (κ2) is 7.11. The molecule has 1 unspecified atom stereocenters. The predicted octanol–water partition coefficient (Wildman–Crippen LogP) is 4.80. The summed E-state index contributed by atoms with van der Waals surface area (Å²) in [5, 5.41) is 5.05. The summed E-state index contributed by atoms with van der Waals surface area (Å²) >= 11 is 13.4. The molecule has 0 aliphatic carbocycles. The van der Waals surface area contributed by atoms with E-state index in [4.69, 9.17) is 27.9 Å². The number of esters is 1. The lowest BCUT2D eigenvalue weighted by Gasteiger charge is -2.16. The molecule has 7 heteroatoms. The Bertz CT molecular complexity index is 646. The number of nitrogens with one attached hydrogen (secondary N) is 1. The number of hydrogen-bond acceptors (Lipinski definition) is 5. The van der Waals surface area contributed by atoms with Crippen LogP contribution in [-0.2, 0) is 4.74 Å². The highest BCUT2D eigenvalue weighted by Gasteiger charge is 2.19. The Kier molecular flexibility index (Phi) is 5.45. The molecule has 1 aromatic carbocycles. The number of carbonyl (C=O) groups excluding carboxylic acids is 1. The molecule has 2 rings (SSSR count). The summed E-state index contributed by atoms with van der Waals surface area (Å²) in [6.07, 6.45) is 0. The van der Waals surface area contributed by atoms with Gasteiger partial charge in [0, 0.05) is 10.0 Å². The maximum atomic E-state index is 11.8. The van der Waals surface area contributed by atoms with Crippen LogP contribution >= 0.6 is 34.5 Å². The van der Waals surface area contributed by atoms with Crippen LogP contribution in [0.1, 0.15) is 35.9 Å². The predicted molar refractivity (Wildman–Crippen MR) is 86.6 cm³/mol. The van der Waals surface area contributed by atoms with Gasteiger partial charge in [0.25, 0.3) is 0 Å². The normalized spacial score (nSPS) is 12.0. The molecule has 0 saturated heterocycles. The number of rotatable bonds is 5. The number of aromatic nitrogens is 1. The molecular weight excluding hydrogens is 331 g/mol. The molecule has 1 aromatic heterocycles. The lowest BCUT2D eigenvalue weighted by atomic mass is 10.1. The molecule has 21 heavy (non-hydrogen) atoms. The zero-order valence-corrected chi connectivity index (χ0v) is 13.9. The van der Waals surface area contributed by atoms with E-state index in [2.05, 4.69) is 10.3 Å². The molecule has 0 bridgehead atoms. The first-order valence-electron chi connectivity index (χ1n) is 6.35. The van der Waals surface area contributed by atoms with Gasteiger partial charge in [-0.05, 0) is 31.5 Å². The van der Waals surface area contributed by atoms with E-state index in [1.54, 1.807) is 24.6 Å². The number of thiazole rings is 1. The first-order chi connectivity index (χ1) is 10.0. The van der Waals surface area contributed by atoms with Gasteiger partial charge >= 0.3 is 5.97 Å². The molecule has 0 amide bonds. The molecule has 0 aliphatic heterocycles. The summed E-state index contributed by atoms with van der Waals surface area (Å²) in [6, 6.07) is 5.23. The summed E-state index contributed by atoms with van der Waals surface area (Å²) in [5.41, 5.74) is 2.79. The van der Waals surface area contributed by atoms with E-state index in [9.17, 15) is 4.79 Å². The van der Waals surface area contributed by atoms with Crippen molar-refractivity contribution in [3.63, 3.8) is 0 Å². The maximum Gasteiger partial charge on any atom is 0.360 e. The lowest BCUT2D eigenvalue weighted by Crippen LogP contribution is -2.12. The number of ether oxygens (including phenoxy) is 1. The van der Waals surface area contributed by atoms with E-state index in [1.807, 2.05) is 13.0 Å². The van der Waals surface area contributed by atoms with Crippen LogP contribution in [0.3, 0.4) is 0 Å². The highest BCUT2D eigenvalue weighted by Crippen LogP contribution is 2.31. The lowest BCUT2D eigenvalue weighted by molar-refractivity contribution is 0.0521. The van der Waals surface area contributed by atoms with Crippen molar-refractivity contribution < 1.29 is 9.53 Å². The maximum absolute atomic E-state index is 11.8. The number of carbonyl (C=O) groups is 1. The smallest absolute Gasteiger partial charge is 0.360 e. The summed E-state index contributed by atoms with van der Waals surface area (Å²) in [6.45, 7) is 4.02. The molecule has 2 aromatic rings. The van der Waals surface area contributed by atoms with Gasteiger partial charge in [0.15, 0.2) is 5.69 Å². The number of anilines is 1. The van der Waals surface area contributed by atoms with E-state index in [-0.39, 0.29) is 6.04 Å². The van der Waals surface area contributed by atoms with Gasteiger partial charge in [0.2, 0.25) is 0 Å². The van der Waals surface area contributed by atoms with Crippen LogP contribution in [0.2, 0.25) is 10.0 Å². The van der Waals surface area contributed by atoms with Gasteiger partial charge in [-0.3, -0.25) is 0 Å².